The molecule has 0 spiro atoms. The highest BCUT2D eigenvalue weighted by Gasteiger charge is 2.05. The molecule has 0 aliphatic rings. The van der Waals surface area contributed by atoms with Crippen molar-refractivity contribution in [3.05, 3.63) is 53.6 Å². The molecule has 0 bridgehead atoms. The summed E-state index contributed by atoms with van der Waals surface area (Å²) in [4.78, 5) is 0. The van der Waals surface area contributed by atoms with E-state index in [2.05, 4.69) is 39.0 Å². The van der Waals surface area contributed by atoms with Crippen molar-refractivity contribution in [3.8, 4) is 11.5 Å². The van der Waals surface area contributed by atoms with Gasteiger partial charge >= 0.3 is 0 Å². The average molecular weight is 285 g/mol. The Bertz CT molecular complexity index is 594. The van der Waals surface area contributed by atoms with Gasteiger partial charge in [-0.05, 0) is 42.2 Å². The summed E-state index contributed by atoms with van der Waals surface area (Å²) >= 11 is 0. The summed E-state index contributed by atoms with van der Waals surface area (Å²) in [5.74, 6) is 2.19. The number of anilines is 1. The fourth-order valence-corrected chi connectivity index (χ4v) is 2.05. The van der Waals surface area contributed by atoms with Crippen LogP contribution in [0.25, 0.3) is 0 Å². The van der Waals surface area contributed by atoms with Crippen molar-refractivity contribution in [1.82, 2.24) is 0 Å². The van der Waals surface area contributed by atoms with Gasteiger partial charge in [-0.15, -0.1) is 0 Å². The lowest BCUT2D eigenvalue weighted by atomic mass is 10.0. The van der Waals surface area contributed by atoms with Crippen LogP contribution in [0.15, 0.2) is 42.5 Å². The van der Waals surface area contributed by atoms with E-state index in [0.29, 0.717) is 24.8 Å². The van der Waals surface area contributed by atoms with E-state index in [9.17, 15) is 0 Å². The molecule has 0 aliphatic heterocycles. The topological polar surface area (TPSA) is 44.5 Å². The predicted molar refractivity (Wildman–Crippen MR) is 87.1 cm³/mol. The minimum absolute atomic E-state index is 0.495. The maximum absolute atomic E-state index is 5.82. The second-order valence-corrected chi connectivity index (χ2v) is 5.45. The smallest absolute Gasteiger partial charge is 0.122 e. The highest BCUT2D eigenvalue weighted by molar-refractivity contribution is 5.43. The summed E-state index contributed by atoms with van der Waals surface area (Å²) in [6.07, 6.45) is 0. The van der Waals surface area contributed by atoms with E-state index >= 15 is 0 Å². The number of ether oxygens (including phenoxy) is 2. The van der Waals surface area contributed by atoms with Crippen LogP contribution in [0.3, 0.4) is 0 Å². The van der Waals surface area contributed by atoms with Gasteiger partial charge in [-0.25, -0.2) is 0 Å². The van der Waals surface area contributed by atoms with Gasteiger partial charge in [0.15, 0.2) is 0 Å². The lowest BCUT2D eigenvalue weighted by Crippen LogP contribution is -2.10. The molecule has 0 amide bonds. The summed E-state index contributed by atoms with van der Waals surface area (Å²) in [7, 11) is 0. The second-order valence-electron chi connectivity index (χ2n) is 5.45. The van der Waals surface area contributed by atoms with Gasteiger partial charge in [-0.2, -0.15) is 0 Å². The maximum atomic E-state index is 5.82. The minimum atomic E-state index is 0.495. The molecule has 3 heteroatoms. The monoisotopic (exact) mass is 285 g/mol. The van der Waals surface area contributed by atoms with E-state index in [-0.39, 0.29) is 0 Å². The van der Waals surface area contributed by atoms with Gasteiger partial charge in [0.25, 0.3) is 0 Å². The molecule has 0 heterocycles. The molecule has 0 atom stereocenters. The Kier molecular flexibility index (Phi) is 5.09. The Morgan fingerprint density at radius 3 is 2.48 bits per heavy atom. The Labute approximate surface area is 126 Å². The van der Waals surface area contributed by atoms with Crippen LogP contribution in [-0.2, 0) is 0 Å². The third kappa shape index (κ3) is 4.42. The molecule has 112 valence electrons. The SMILES string of the molecule is Cc1ccc(C(C)C)cc1OCCOc1cccc(N)c1. The predicted octanol–water partition coefficient (Wildman–Crippen LogP) is 4.16. The number of benzene rings is 2. The van der Waals surface area contributed by atoms with Crippen molar-refractivity contribution in [2.45, 2.75) is 26.7 Å². The molecule has 0 aliphatic carbocycles. The molecule has 0 aromatic heterocycles. The second kappa shape index (κ2) is 7.02. The zero-order valence-corrected chi connectivity index (χ0v) is 12.9. The molecule has 2 N–H and O–H groups in total. The summed E-state index contributed by atoms with van der Waals surface area (Å²) < 4.78 is 11.4. The maximum Gasteiger partial charge on any atom is 0.122 e. The average Bonchev–Trinajstić information content (AvgIpc) is 2.45. The fraction of sp³-hybridized carbons (Fsp3) is 0.333. The van der Waals surface area contributed by atoms with Gasteiger partial charge in [0, 0.05) is 11.8 Å². The third-order valence-electron chi connectivity index (χ3n) is 3.35. The lowest BCUT2D eigenvalue weighted by molar-refractivity contribution is 0.216. The first-order valence-electron chi connectivity index (χ1n) is 7.28. The largest absolute Gasteiger partial charge is 0.490 e. The zero-order valence-electron chi connectivity index (χ0n) is 12.9. The first-order valence-corrected chi connectivity index (χ1v) is 7.28. The molecular formula is C18H23NO2. The summed E-state index contributed by atoms with van der Waals surface area (Å²) in [6.45, 7) is 7.42. The van der Waals surface area contributed by atoms with Crippen LogP contribution in [0.1, 0.15) is 30.9 Å². The minimum Gasteiger partial charge on any atom is -0.490 e. The van der Waals surface area contributed by atoms with Crippen LogP contribution in [0, 0.1) is 6.92 Å². The molecule has 0 unspecified atom stereocenters. The summed E-state index contributed by atoms with van der Waals surface area (Å²) in [5, 5.41) is 0. The number of nitrogens with two attached hydrogens (primary N) is 1. The third-order valence-corrected chi connectivity index (χ3v) is 3.35. The van der Waals surface area contributed by atoms with E-state index in [1.165, 1.54) is 5.56 Å². The van der Waals surface area contributed by atoms with Crippen LogP contribution in [0.5, 0.6) is 11.5 Å². The van der Waals surface area contributed by atoms with Crippen molar-refractivity contribution >= 4 is 5.69 Å². The molecular weight excluding hydrogens is 262 g/mol. The molecule has 0 fully saturated rings. The van der Waals surface area contributed by atoms with E-state index in [1.807, 2.05) is 24.3 Å². The summed E-state index contributed by atoms with van der Waals surface area (Å²) in [5.41, 5.74) is 8.84. The van der Waals surface area contributed by atoms with Gasteiger partial charge in [-0.1, -0.05) is 32.0 Å². The van der Waals surface area contributed by atoms with E-state index in [4.69, 9.17) is 15.2 Å². The van der Waals surface area contributed by atoms with Crippen LogP contribution >= 0.6 is 0 Å². The van der Waals surface area contributed by atoms with Crippen molar-refractivity contribution < 1.29 is 9.47 Å². The number of nitrogen functional groups attached to an aromatic ring is 1. The van der Waals surface area contributed by atoms with Crippen molar-refractivity contribution in [2.24, 2.45) is 0 Å². The summed E-state index contributed by atoms with van der Waals surface area (Å²) in [6, 6.07) is 13.8. The number of hydrogen-bond donors (Lipinski definition) is 1. The molecule has 0 radical (unpaired) electrons. The van der Waals surface area contributed by atoms with Crippen LogP contribution in [0.4, 0.5) is 5.69 Å². The van der Waals surface area contributed by atoms with Gasteiger partial charge in [0.2, 0.25) is 0 Å². The van der Waals surface area contributed by atoms with Crippen LogP contribution in [0.2, 0.25) is 0 Å². The van der Waals surface area contributed by atoms with E-state index in [1.54, 1.807) is 0 Å². The van der Waals surface area contributed by atoms with Gasteiger partial charge < -0.3 is 15.2 Å². The molecule has 3 nitrogen and oxygen atoms in total. The number of aryl methyl sites for hydroxylation is 1. The van der Waals surface area contributed by atoms with Gasteiger partial charge in [-0.3, -0.25) is 0 Å². The first-order chi connectivity index (χ1) is 10.1. The Morgan fingerprint density at radius 1 is 1.00 bits per heavy atom. The molecule has 2 aromatic carbocycles. The standard InChI is InChI=1S/C18H23NO2/c1-13(2)15-8-7-14(3)18(11-15)21-10-9-20-17-6-4-5-16(19)12-17/h4-8,11-13H,9-10,19H2,1-3H3. The van der Waals surface area contributed by atoms with Crippen molar-refractivity contribution in [2.75, 3.05) is 18.9 Å². The lowest BCUT2D eigenvalue weighted by Gasteiger charge is -2.13. The Hall–Kier alpha value is -2.16. The Morgan fingerprint density at radius 2 is 1.76 bits per heavy atom. The van der Waals surface area contributed by atoms with Crippen molar-refractivity contribution in [1.29, 1.82) is 0 Å². The zero-order chi connectivity index (χ0) is 15.2. The highest BCUT2D eigenvalue weighted by atomic mass is 16.5. The number of rotatable bonds is 6. The van der Waals surface area contributed by atoms with Gasteiger partial charge in [0.05, 0.1) is 0 Å². The molecule has 0 saturated heterocycles. The van der Waals surface area contributed by atoms with Crippen molar-refractivity contribution in [3.63, 3.8) is 0 Å². The van der Waals surface area contributed by atoms with Crippen LogP contribution < -0.4 is 15.2 Å². The van der Waals surface area contributed by atoms with Gasteiger partial charge in [0.1, 0.15) is 24.7 Å². The molecule has 2 rings (SSSR count). The molecule has 0 saturated carbocycles. The van der Waals surface area contributed by atoms with Crippen LogP contribution in [-0.4, -0.2) is 13.2 Å². The first kappa shape index (κ1) is 15.2. The molecule has 2 aromatic rings. The highest BCUT2D eigenvalue weighted by Crippen LogP contribution is 2.24. The quantitative estimate of drug-likeness (QED) is 0.640. The van der Waals surface area contributed by atoms with E-state index in [0.717, 1.165) is 17.1 Å². The fourth-order valence-electron chi connectivity index (χ4n) is 2.05. The van der Waals surface area contributed by atoms with E-state index < -0.39 is 0 Å². The number of hydrogen-bond acceptors (Lipinski definition) is 3. The Balaban J connectivity index is 1.87. The normalized spacial score (nSPS) is 10.7. The molecule has 21 heavy (non-hydrogen) atoms.